The number of alkyl halides is 3. The Labute approximate surface area is 282 Å². The molecule has 1 aliphatic rings. The summed E-state index contributed by atoms with van der Waals surface area (Å²) in [6.07, 6.45) is 4.78. The zero-order chi connectivity index (χ0) is 35.0. The van der Waals surface area contributed by atoms with Gasteiger partial charge in [0.15, 0.2) is 0 Å². The van der Waals surface area contributed by atoms with E-state index in [1.807, 2.05) is 0 Å². The lowest BCUT2D eigenvalue weighted by molar-refractivity contribution is -0.137. The van der Waals surface area contributed by atoms with E-state index in [-0.39, 0.29) is 50.6 Å². The van der Waals surface area contributed by atoms with Crippen LogP contribution >= 0.6 is 11.6 Å². The van der Waals surface area contributed by atoms with E-state index >= 15 is 8.78 Å². The quantitative estimate of drug-likeness (QED) is 0.0935. The van der Waals surface area contributed by atoms with Gasteiger partial charge in [-0.3, -0.25) is 14.3 Å². The molecule has 0 radical (unpaired) electrons. The number of methoxy groups -OCH3 is 1. The van der Waals surface area contributed by atoms with Gasteiger partial charge >= 0.3 is 6.18 Å². The molecular weight excluding hydrogens is 669 g/mol. The van der Waals surface area contributed by atoms with Gasteiger partial charge in [-0.25, -0.2) is 8.78 Å². The largest absolute Gasteiger partial charge is 0.417 e. The highest BCUT2D eigenvalue weighted by Gasteiger charge is 2.37. The maximum atomic E-state index is 15.1. The van der Waals surface area contributed by atoms with E-state index in [2.05, 4.69) is 15.7 Å². The molecule has 2 aromatic carbocycles. The number of fused-ring (bicyclic) bond motifs is 2. The maximum absolute atomic E-state index is 15.1. The summed E-state index contributed by atoms with van der Waals surface area (Å²) in [5.74, 6) is -3.91. The number of benzene rings is 2. The number of hydrogen-bond donors (Lipinski definition) is 2. The standard InChI is InChI=1S/C35H31ClF5N5O3/c1-45-29-17-24(35(39,40)41)31(32(36)23(29)18-43-45)22-5-4-14-46-27(22)11-12-28(46)34(48)19-15-25(37)33(26(38)16-19)44-30(47)6-3-13-42-20-7-9-21(49-2)10-8-20/h3-6,11-12,14-18,20-21,42H,7-10,13H2,1-2H3,(H,44,47)/b6-3+. The van der Waals surface area contributed by atoms with Crippen LogP contribution in [0.15, 0.2) is 67.0 Å². The molecule has 49 heavy (non-hydrogen) atoms. The first kappa shape index (κ1) is 34.3. The summed E-state index contributed by atoms with van der Waals surface area (Å²) in [6.45, 7) is 0.392. The first-order chi connectivity index (χ1) is 23.4. The number of pyridine rings is 1. The second-order valence-corrected chi connectivity index (χ2v) is 12.2. The molecule has 6 rings (SSSR count). The van der Waals surface area contributed by atoms with Gasteiger partial charge in [-0.05, 0) is 62.1 Å². The molecular formula is C35H31ClF5N5O3. The zero-order valence-corrected chi connectivity index (χ0v) is 27.1. The van der Waals surface area contributed by atoms with Crippen molar-refractivity contribution in [1.82, 2.24) is 19.5 Å². The summed E-state index contributed by atoms with van der Waals surface area (Å²) in [4.78, 5) is 25.9. The second kappa shape index (κ2) is 13.7. The Bertz CT molecular complexity index is 2070. The number of carbonyl (C=O) groups is 2. The third-order valence-corrected chi connectivity index (χ3v) is 9.24. The molecule has 0 spiro atoms. The molecule has 0 saturated heterocycles. The number of amides is 1. The smallest absolute Gasteiger partial charge is 0.381 e. The number of ether oxygens (including phenoxy) is 1. The van der Waals surface area contributed by atoms with Crippen LogP contribution in [0.1, 0.15) is 47.3 Å². The molecule has 3 aromatic heterocycles. The number of ketones is 1. The lowest BCUT2D eigenvalue weighted by atomic mass is 9.93. The average Bonchev–Trinajstić information content (AvgIpc) is 3.68. The summed E-state index contributed by atoms with van der Waals surface area (Å²) in [5.41, 5.74) is -1.97. The third-order valence-electron chi connectivity index (χ3n) is 8.84. The van der Waals surface area contributed by atoms with E-state index in [1.165, 1.54) is 58.9 Å². The number of rotatable bonds is 9. The van der Waals surface area contributed by atoms with Crippen molar-refractivity contribution in [2.24, 2.45) is 7.05 Å². The van der Waals surface area contributed by atoms with Crippen LogP contribution in [-0.2, 0) is 22.8 Å². The molecule has 0 unspecified atom stereocenters. The Balaban J connectivity index is 1.23. The van der Waals surface area contributed by atoms with Crippen LogP contribution in [0.4, 0.5) is 27.6 Å². The van der Waals surface area contributed by atoms with Crippen molar-refractivity contribution in [2.45, 2.75) is 44.0 Å². The first-order valence-electron chi connectivity index (χ1n) is 15.5. The number of hydrogen-bond acceptors (Lipinski definition) is 5. The molecule has 0 bridgehead atoms. The highest BCUT2D eigenvalue weighted by atomic mass is 35.5. The van der Waals surface area contributed by atoms with Crippen molar-refractivity contribution in [2.75, 3.05) is 19.0 Å². The molecule has 1 amide bonds. The fourth-order valence-electron chi connectivity index (χ4n) is 6.31. The molecule has 256 valence electrons. The number of nitrogens with one attached hydrogen (secondary N) is 2. The summed E-state index contributed by atoms with van der Waals surface area (Å²) in [6, 6.07) is 8.50. The highest BCUT2D eigenvalue weighted by Crippen LogP contribution is 2.45. The van der Waals surface area contributed by atoms with Gasteiger partial charge in [0.1, 0.15) is 17.3 Å². The molecule has 1 aliphatic carbocycles. The van der Waals surface area contributed by atoms with Crippen LogP contribution in [-0.4, -0.2) is 51.7 Å². The fraction of sp³-hybridized carbons (Fsp3) is 0.286. The minimum Gasteiger partial charge on any atom is -0.381 e. The van der Waals surface area contributed by atoms with E-state index in [4.69, 9.17) is 16.3 Å². The minimum atomic E-state index is -4.78. The molecule has 3 heterocycles. The zero-order valence-electron chi connectivity index (χ0n) is 26.4. The Kier molecular flexibility index (Phi) is 9.61. The van der Waals surface area contributed by atoms with E-state index in [0.717, 1.165) is 43.9 Å². The van der Waals surface area contributed by atoms with Gasteiger partial charge in [-0.1, -0.05) is 23.7 Å². The fourth-order valence-corrected chi connectivity index (χ4v) is 6.66. The van der Waals surface area contributed by atoms with Crippen molar-refractivity contribution in [3.8, 4) is 11.1 Å². The van der Waals surface area contributed by atoms with Gasteiger partial charge in [0, 0.05) is 61.1 Å². The number of anilines is 1. The number of nitrogens with zero attached hydrogens (tertiary/aromatic N) is 3. The van der Waals surface area contributed by atoms with E-state index < -0.39 is 40.8 Å². The van der Waals surface area contributed by atoms with Crippen LogP contribution in [0.2, 0.25) is 5.02 Å². The molecule has 2 N–H and O–H groups in total. The molecule has 1 fully saturated rings. The molecule has 0 aliphatic heterocycles. The van der Waals surface area contributed by atoms with Crippen LogP contribution < -0.4 is 10.6 Å². The predicted octanol–water partition coefficient (Wildman–Crippen LogP) is 7.72. The number of aromatic nitrogens is 3. The lowest BCUT2D eigenvalue weighted by Gasteiger charge is -2.27. The van der Waals surface area contributed by atoms with Crippen LogP contribution in [0, 0.1) is 11.6 Å². The minimum absolute atomic E-state index is 0.0642. The van der Waals surface area contributed by atoms with Gasteiger partial charge in [0.05, 0.1) is 39.6 Å². The van der Waals surface area contributed by atoms with Crippen LogP contribution in [0.5, 0.6) is 0 Å². The van der Waals surface area contributed by atoms with Crippen molar-refractivity contribution < 1.29 is 36.3 Å². The molecule has 14 heteroatoms. The Morgan fingerprint density at radius 2 is 1.78 bits per heavy atom. The summed E-state index contributed by atoms with van der Waals surface area (Å²) in [5, 5.41) is 9.66. The number of halogens is 6. The Hall–Kier alpha value is -4.59. The van der Waals surface area contributed by atoms with Gasteiger partial charge in [0.25, 0.3) is 0 Å². The highest BCUT2D eigenvalue weighted by molar-refractivity contribution is 6.38. The topological polar surface area (TPSA) is 89.7 Å². The summed E-state index contributed by atoms with van der Waals surface area (Å²) in [7, 11) is 3.20. The lowest BCUT2D eigenvalue weighted by Crippen LogP contribution is -2.35. The van der Waals surface area contributed by atoms with Crippen LogP contribution in [0.3, 0.4) is 0 Å². The molecule has 5 aromatic rings. The summed E-state index contributed by atoms with van der Waals surface area (Å²) < 4.78 is 81.2. The van der Waals surface area contributed by atoms with E-state index in [9.17, 15) is 22.8 Å². The molecule has 0 atom stereocenters. The van der Waals surface area contributed by atoms with E-state index in [0.29, 0.717) is 11.9 Å². The van der Waals surface area contributed by atoms with Crippen molar-refractivity contribution in [1.29, 1.82) is 0 Å². The number of carbonyl (C=O) groups excluding carboxylic acids is 2. The average molecular weight is 700 g/mol. The molecule has 1 saturated carbocycles. The van der Waals surface area contributed by atoms with Gasteiger partial charge in [0.2, 0.25) is 11.7 Å². The van der Waals surface area contributed by atoms with Gasteiger partial charge < -0.3 is 19.8 Å². The number of aryl methyl sites for hydroxylation is 1. The third kappa shape index (κ3) is 6.83. The predicted molar refractivity (Wildman–Crippen MR) is 176 cm³/mol. The Morgan fingerprint density at radius 3 is 2.45 bits per heavy atom. The van der Waals surface area contributed by atoms with Gasteiger partial charge in [-0.2, -0.15) is 18.3 Å². The Morgan fingerprint density at radius 1 is 1.06 bits per heavy atom. The second-order valence-electron chi connectivity index (χ2n) is 11.9. The van der Waals surface area contributed by atoms with Crippen molar-refractivity contribution in [3.05, 3.63) is 100 Å². The normalized spacial score (nSPS) is 17.0. The van der Waals surface area contributed by atoms with Crippen molar-refractivity contribution in [3.63, 3.8) is 0 Å². The maximum Gasteiger partial charge on any atom is 0.417 e. The SMILES string of the molecule is COC1CCC(NC/C=C/C(=O)Nc2c(F)cc(C(=O)c3ccc4c(-c5c(C(F)(F)F)cc6c(cnn6C)c5Cl)cccn34)cc2F)CC1. The first-order valence-corrected chi connectivity index (χ1v) is 15.8. The van der Waals surface area contributed by atoms with E-state index in [1.54, 1.807) is 13.2 Å². The monoisotopic (exact) mass is 699 g/mol. The summed E-state index contributed by atoms with van der Waals surface area (Å²) >= 11 is 6.57. The van der Waals surface area contributed by atoms with Crippen molar-refractivity contribution >= 4 is 45.4 Å². The molecule has 8 nitrogen and oxygen atoms in total. The van der Waals surface area contributed by atoms with Gasteiger partial charge in [-0.15, -0.1) is 0 Å². The van der Waals surface area contributed by atoms with Crippen LogP contribution in [0.25, 0.3) is 27.5 Å².